The van der Waals surface area contributed by atoms with Crippen LogP contribution < -0.4 is 11.1 Å². The second-order valence-corrected chi connectivity index (χ2v) is 4.92. The maximum absolute atomic E-state index is 6.00. The number of nitrogens with two attached hydrogens (primary N) is 1. The zero-order chi connectivity index (χ0) is 14.4. The smallest absolute Gasteiger partial charge is 0.159 e. The van der Waals surface area contributed by atoms with Gasteiger partial charge >= 0.3 is 0 Å². The molecule has 0 aliphatic rings. The number of hydrogen-bond donors (Lipinski definition) is 2. The Morgan fingerprint density at radius 3 is 2.90 bits per heavy atom. The Morgan fingerprint density at radius 1 is 1.35 bits per heavy atom. The molecule has 0 amide bonds. The van der Waals surface area contributed by atoms with Crippen LogP contribution in [-0.2, 0) is 6.42 Å². The lowest BCUT2D eigenvalue weighted by molar-refractivity contribution is 0.867. The predicted octanol–water partition coefficient (Wildman–Crippen LogP) is 3.12. The summed E-state index contributed by atoms with van der Waals surface area (Å²) in [5.74, 6) is 0.703. The fraction of sp³-hybridized carbons (Fsp3) is 0.333. The lowest BCUT2D eigenvalue weighted by atomic mass is 10.2. The van der Waals surface area contributed by atoms with Crippen molar-refractivity contribution in [1.82, 2.24) is 9.97 Å². The van der Waals surface area contributed by atoms with Gasteiger partial charge in [0.1, 0.15) is 0 Å². The van der Waals surface area contributed by atoms with E-state index in [9.17, 15) is 0 Å². The second kappa shape index (κ2) is 7.22. The molecular weight excluding hydrogens is 272 g/mol. The second-order valence-electron chi connectivity index (χ2n) is 4.49. The van der Waals surface area contributed by atoms with E-state index in [1.807, 2.05) is 30.5 Å². The van der Waals surface area contributed by atoms with Crippen LogP contribution in [0.25, 0.3) is 11.4 Å². The van der Waals surface area contributed by atoms with Crippen molar-refractivity contribution in [2.24, 2.45) is 5.73 Å². The van der Waals surface area contributed by atoms with Gasteiger partial charge in [-0.25, -0.2) is 9.97 Å². The Kier molecular flexibility index (Phi) is 5.32. The molecule has 0 radical (unpaired) electrons. The summed E-state index contributed by atoms with van der Waals surface area (Å²) in [4.78, 5) is 9.03. The van der Waals surface area contributed by atoms with Crippen molar-refractivity contribution in [1.29, 1.82) is 0 Å². The van der Waals surface area contributed by atoms with E-state index in [-0.39, 0.29) is 0 Å². The molecule has 0 saturated carbocycles. The Labute approximate surface area is 124 Å². The molecule has 106 valence electrons. The van der Waals surface area contributed by atoms with Crippen molar-refractivity contribution >= 4 is 17.3 Å². The van der Waals surface area contributed by atoms with Crippen LogP contribution in [0.3, 0.4) is 0 Å². The van der Waals surface area contributed by atoms with Gasteiger partial charge in [0.15, 0.2) is 5.82 Å². The minimum atomic E-state index is 0.677. The minimum Gasteiger partial charge on any atom is -0.382 e. The molecule has 0 fully saturated rings. The van der Waals surface area contributed by atoms with Crippen molar-refractivity contribution in [2.75, 3.05) is 18.4 Å². The van der Waals surface area contributed by atoms with E-state index in [1.54, 1.807) is 0 Å². The molecule has 0 aliphatic heterocycles. The third kappa shape index (κ3) is 3.68. The van der Waals surface area contributed by atoms with Crippen LogP contribution >= 0.6 is 11.6 Å². The van der Waals surface area contributed by atoms with Gasteiger partial charge in [0.25, 0.3) is 0 Å². The molecule has 1 aromatic heterocycles. The third-order valence-electron chi connectivity index (χ3n) is 2.98. The van der Waals surface area contributed by atoms with Crippen LogP contribution in [-0.4, -0.2) is 23.1 Å². The van der Waals surface area contributed by atoms with Crippen molar-refractivity contribution < 1.29 is 0 Å². The summed E-state index contributed by atoms with van der Waals surface area (Å²) < 4.78 is 0. The molecule has 0 unspecified atom stereocenters. The summed E-state index contributed by atoms with van der Waals surface area (Å²) in [5.41, 5.74) is 8.41. The highest BCUT2D eigenvalue weighted by Gasteiger charge is 2.07. The van der Waals surface area contributed by atoms with E-state index < -0.39 is 0 Å². The summed E-state index contributed by atoms with van der Waals surface area (Å²) in [6.45, 7) is 3.59. The van der Waals surface area contributed by atoms with Crippen LogP contribution in [0.5, 0.6) is 0 Å². The molecule has 1 heterocycles. The molecule has 2 aromatic rings. The lowest BCUT2D eigenvalue weighted by Gasteiger charge is -2.11. The summed E-state index contributed by atoms with van der Waals surface area (Å²) in [6.07, 6.45) is 3.61. The fourth-order valence-electron chi connectivity index (χ4n) is 1.93. The van der Waals surface area contributed by atoms with Gasteiger partial charge in [0, 0.05) is 17.1 Å². The van der Waals surface area contributed by atoms with Gasteiger partial charge in [-0.05, 0) is 31.5 Å². The molecule has 0 bridgehead atoms. The molecule has 4 nitrogen and oxygen atoms in total. The summed E-state index contributed by atoms with van der Waals surface area (Å²) in [5, 5.41) is 4.01. The molecule has 0 aliphatic carbocycles. The van der Waals surface area contributed by atoms with Gasteiger partial charge in [-0.1, -0.05) is 30.7 Å². The Hall–Kier alpha value is -1.65. The molecule has 1 aromatic carbocycles. The lowest BCUT2D eigenvalue weighted by Crippen LogP contribution is -2.11. The normalized spacial score (nSPS) is 10.6. The number of aryl methyl sites for hydroxylation is 1. The molecule has 0 spiro atoms. The van der Waals surface area contributed by atoms with E-state index in [1.165, 1.54) is 0 Å². The monoisotopic (exact) mass is 290 g/mol. The zero-order valence-electron chi connectivity index (χ0n) is 11.6. The highest BCUT2D eigenvalue weighted by atomic mass is 35.5. The SMILES string of the molecule is CCc1nc(-c2cccc(Cl)c2)ncc1NCCCN. The topological polar surface area (TPSA) is 63.8 Å². The first-order chi connectivity index (χ1) is 9.74. The quantitative estimate of drug-likeness (QED) is 0.802. The first kappa shape index (κ1) is 14.8. The largest absolute Gasteiger partial charge is 0.382 e. The highest BCUT2D eigenvalue weighted by Crippen LogP contribution is 2.22. The zero-order valence-corrected chi connectivity index (χ0v) is 12.3. The van der Waals surface area contributed by atoms with Gasteiger partial charge in [0.05, 0.1) is 17.6 Å². The summed E-state index contributed by atoms with van der Waals surface area (Å²) >= 11 is 6.00. The van der Waals surface area contributed by atoms with Crippen molar-refractivity contribution in [3.8, 4) is 11.4 Å². The maximum atomic E-state index is 6.00. The van der Waals surface area contributed by atoms with Crippen LogP contribution in [0.15, 0.2) is 30.5 Å². The van der Waals surface area contributed by atoms with E-state index in [4.69, 9.17) is 17.3 Å². The molecule has 3 N–H and O–H groups in total. The average molecular weight is 291 g/mol. The van der Waals surface area contributed by atoms with E-state index in [0.717, 1.165) is 36.3 Å². The van der Waals surface area contributed by atoms with Gasteiger partial charge in [0.2, 0.25) is 0 Å². The van der Waals surface area contributed by atoms with Crippen molar-refractivity contribution in [3.05, 3.63) is 41.2 Å². The molecule has 0 saturated heterocycles. The first-order valence-electron chi connectivity index (χ1n) is 6.80. The van der Waals surface area contributed by atoms with Gasteiger partial charge in [-0.2, -0.15) is 0 Å². The summed E-state index contributed by atoms with van der Waals surface area (Å²) in [7, 11) is 0. The number of nitrogens with one attached hydrogen (secondary N) is 1. The van der Waals surface area contributed by atoms with Gasteiger partial charge < -0.3 is 11.1 Å². The van der Waals surface area contributed by atoms with Gasteiger partial charge in [-0.3, -0.25) is 0 Å². The maximum Gasteiger partial charge on any atom is 0.159 e. The fourth-order valence-corrected chi connectivity index (χ4v) is 2.12. The molecule has 20 heavy (non-hydrogen) atoms. The van der Waals surface area contributed by atoms with Crippen LogP contribution in [0, 0.1) is 0 Å². The standard InChI is InChI=1S/C15H19ClN4/c1-2-13-14(18-8-4-7-17)10-19-15(20-13)11-5-3-6-12(16)9-11/h3,5-6,9-10,18H,2,4,7-8,17H2,1H3. The molecule has 2 rings (SSSR count). The number of hydrogen-bond acceptors (Lipinski definition) is 4. The molecular formula is C15H19ClN4. The third-order valence-corrected chi connectivity index (χ3v) is 3.22. The van der Waals surface area contributed by atoms with Crippen LogP contribution in [0.4, 0.5) is 5.69 Å². The Balaban J connectivity index is 2.24. The van der Waals surface area contributed by atoms with E-state index in [0.29, 0.717) is 17.4 Å². The van der Waals surface area contributed by atoms with Crippen molar-refractivity contribution in [3.63, 3.8) is 0 Å². The number of nitrogens with zero attached hydrogens (tertiary/aromatic N) is 2. The summed E-state index contributed by atoms with van der Waals surface area (Å²) in [6, 6.07) is 7.58. The van der Waals surface area contributed by atoms with Gasteiger partial charge in [-0.15, -0.1) is 0 Å². The van der Waals surface area contributed by atoms with E-state index >= 15 is 0 Å². The predicted molar refractivity (Wildman–Crippen MR) is 84.0 cm³/mol. The number of halogens is 1. The highest BCUT2D eigenvalue weighted by molar-refractivity contribution is 6.30. The Bertz CT molecular complexity index is 572. The minimum absolute atomic E-state index is 0.677. The van der Waals surface area contributed by atoms with E-state index in [2.05, 4.69) is 22.2 Å². The number of anilines is 1. The number of rotatable bonds is 6. The Morgan fingerprint density at radius 2 is 2.20 bits per heavy atom. The van der Waals surface area contributed by atoms with Crippen LogP contribution in [0.2, 0.25) is 5.02 Å². The van der Waals surface area contributed by atoms with Crippen molar-refractivity contribution in [2.45, 2.75) is 19.8 Å². The molecule has 5 heteroatoms. The number of aromatic nitrogens is 2. The first-order valence-corrected chi connectivity index (χ1v) is 7.18. The average Bonchev–Trinajstić information content (AvgIpc) is 2.47. The molecule has 0 atom stereocenters. The van der Waals surface area contributed by atoms with Crippen LogP contribution in [0.1, 0.15) is 19.0 Å². The number of benzene rings is 1.